The van der Waals surface area contributed by atoms with Gasteiger partial charge in [0.25, 0.3) is 0 Å². The molecule has 1 atom stereocenters. The van der Waals surface area contributed by atoms with Gasteiger partial charge in [-0.05, 0) is 31.3 Å². The smallest absolute Gasteiger partial charge is 0.185 e. The van der Waals surface area contributed by atoms with E-state index in [1.54, 1.807) is 0 Å². The first-order valence-electron chi connectivity index (χ1n) is 7.18. The summed E-state index contributed by atoms with van der Waals surface area (Å²) in [5, 5.41) is 3.29. The van der Waals surface area contributed by atoms with Crippen molar-refractivity contribution in [3.8, 4) is 0 Å². The Bertz CT molecular complexity index is 479. The summed E-state index contributed by atoms with van der Waals surface area (Å²) in [5.41, 5.74) is -0.584. The number of nitrogens with one attached hydrogen (secondary N) is 1. The molecule has 0 aliphatic carbocycles. The lowest BCUT2D eigenvalue weighted by atomic mass is 10.1. The van der Waals surface area contributed by atoms with Gasteiger partial charge in [-0.25, -0.2) is 17.6 Å². The zero-order chi connectivity index (χ0) is 15.6. The molecule has 1 saturated heterocycles. The minimum atomic E-state index is -1.36. The molecule has 0 spiro atoms. The summed E-state index contributed by atoms with van der Waals surface area (Å²) in [7, 11) is 0. The molecule has 1 heterocycles. The minimum Gasteiger partial charge on any atom is -0.366 e. The van der Waals surface area contributed by atoms with Crippen molar-refractivity contribution < 1.29 is 17.6 Å². The highest BCUT2D eigenvalue weighted by atomic mass is 19.2. The van der Waals surface area contributed by atoms with E-state index < -0.39 is 29.0 Å². The van der Waals surface area contributed by atoms with Gasteiger partial charge in [0.05, 0.1) is 0 Å². The molecule has 2 rings (SSSR count). The zero-order valence-electron chi connectivity index (χ0n) is 12.2. The van der Waals surface area contributed by atoms with E-state index in [0.717, 1.165) is 19.5 Å². The fourth-order valence-corrected chi connectivity index (χ4v) is 2.62. The first-order chi connectivity index (χ1) is 9.90. The number of hydrogen-bond donors (Lipinski definition) is 1. The Balaban J connectivity index is 2.05. The number of nitrogens with zero attached hydrogens (tertiary/aromatic N) is 1. The molecule has 0 amide bonds. The molecule has 0 saturated carbocycles. The van der Waals surface area contributed by atoms with Gasteiger partial charge in [0, 0.05) is 19.2 Å². The highest BCUT2D eigenvalue weighted by molar-refractivity contribution is 5.51. The van der Waals surface area contributed by atoms with Crippen molar-refractivity contribution in [3.05, 3.63) is 29.3 Å². The molecule has 0 bridgehead atoms. The van der Waals surface area contributed by atoms with Crippen molar-refractivity contribution >= 4 is 5.69 Å². The summed E-state index contributed by atoms with van der Waals surface area (Å²) in [6.07, 6.45) is 0.738. The highest BCUT2D eigenvalue weighted by Crippen LogP contribution is 2.31. The molecule has 1 aromatic carbocycles. The summed E-state index contributed by atoms with van der Waals surface area (Å²) in [5.74, 6) is -4.60. The summed E-state index contributed by atoms with van der Waals surface area (Å²) in [4.78, 5) is 1.39. The Hall–Kier alpha value is -1.30. The van der Waals surface area contributed by atoms with Crippen LogP contribution in [0.2, 0.25) is 0 Å². The molecule has 118 valence electrons. The molecule has 1 aliphatic heterocycles. The van der Waals surface area contributed by atoms with Crippen molar-refractivity contribution in [2.24, 2.45) is 11.8 Å². The summed E-state index contributed by atoms with van der Waals surface area (Å²) < 4.78 is 54.0. The quantitative estimate of drug-likeness (QED) is 0.663. The second kappa shape index (κ2) is 6.64. The maximum atomic E-state index is 13.7. The van der Waals surface area contributed by atoms with Crippen LogP contribution in [-0.2, 0) is 0 Å². The van der Waals surface area contributed by atoms with Crippen molar-refractivity contribution in [2.45, 2.75) is 20.3 Å². The van der Waals surface area contributed by atoms with Gasteiger partial charge in [0.2, 0.25) is 0 Å². The van der Waals surface area contributed by atoms with E-state index >= 15 is 0 Å². The van der Waals surface area contributed by atoms with E-state index in [4.69, 9.17) is 0 Å². The van der Waals surface area contributed by atoms with E-state index in [-0.39, 0.29) is 12.0 Å². The Kier molecular flexibility index (Phi) is 5.08. The lowest BCUT2D eigenvalue weighted by Gasteiger charge is -2.21. The van der Waals surface area contributed by atoms with Crippen LogP contribution < -0.4 is 10.2 Å². The molecule has 0 radical (unpaired) electrons. The first kappa shape index (κ1) is 16.1. The van der Waals surface area contributed by atoms with Gasteiger partial charge in [0.15, 0.2) is 23.3 Å². The van der Waals surface area contributed by atoms with Crippen LogP contribution in [0.15, 0.2) is 6.07 Å². The molecule has 1 unspecified atom stereocenters. The number of benzene rings is 1. The average Bonchev–Trinajstić information content (AvgIpc) is 2.85. The lowest BCUT2D eigenvalue weighted by molar-refractivity contribution is 0.451. The van der Waals surface area contributed by atoms with E-state index in [1.165, 1.54) is 4.90 Å². The van der Waals surface area contributed by atoms with Crippen molar-refractivity contribution in [1.82, 2.24) is 5.32 Å². The third-order valence-corrected chi connectivity index (χ3v) is 3.68. The van der Waals surface area contributed by atoms with E-state index in [0.29, 0.717) is 19.0 Å². The molecule has 1 fully saturated rings. The van der Waals surface area contributed by atoms with Gasteiger partial charge in [-0.1, -0.05) is 13.8 Å². The second-order valence-corrected chi connectivity index (χ2v) is 5.97. The fraction of sp³-hybridized carbons (Fsp3) is 0.600. The third-order valence-electron chi connectivity index (χ3n) is 3.68. The van der Waals surface area contributed by atoms with Crippen LogP contribution in [0.25, 0.3) is 0 Å². The largest absolute Gasteiger partial charge is 0.366 e. The predicted molar refractivity (Wildman–Crippen MR) is 74.3 cm³/mol. The summed E-state index contributed by atoms with van der Waals surface area (Å²) in [6, 6.07) is 0.242. The van der Waals surface area contributed by atoms with Crippen LogP contribution in [0.5, 0.6) is 0 Å². The Labute approximate surface area is 122 Å². The zero-order valence-corrected chi connectivity index (χ0v) is 12.2. The number of hydrogen-bond acceptors (Lipinski definition) is 2. The van der Waals surface area contributed by atoms with E-state index in [1.807, 2.05) is 0 Å². The second-order valence-electron chi connectivity index (χ2n) is 5.97. The minimum absolute atomic E-state index is 0.217. The van der Waals surface area contributed by atoms with E-state index in [2.05, 4.69) is 19.2 Å². The number of anilines is 1. The maximum absolute atomic E-state index is 13.7. The van der Waals surface area contributed by atoms with Gasteiger partial charge >= 0.3 is 0 Å². The summed E-state index contributed by atoms with van der Waals surface area (Å²) in [6.45, 7) is 6.57. The number of rotatable bonds is 5. The molecule has 6 heteroatoms. The topological polar surface area (TPSA) is 15.3 Å². The molecule has 0 aromatic heterocycles. The predicted octanol–water partition coefficient (Wildman–Crippen LogP) is 3.31. The van der Waals surface area contributed by atoms with Crippen LogP contribution in [0.3, 0.4) is 0 Å². The fourth-order valence-electron chi connectivity index (χ4n) is 2.62. The maximum Gasteiger partial charge on any atom is 0.185 e. The van der Waals surface area contributed by atoms with Crippen LogP contribution in [0.4, 0.5) is 23.2 Å². The number of halogens is 4. The molecular weight excluding hydrogens is 284 g/mol. The molecule has 1 aliphatic rings. The van der Waals surface area contributed by atoms with Crippen LogP contribution >= 0.6 is 0 Å². The highest BCUT2D eigenvalue weighted by Gasteiger charge is 2.29. The lowest BCUT2D eigenvalue weighted by Crippen LogP contribution is -2.29. The standard InChI is InChI=1S/C15H20F4N2/c1-9(2)6-20-7-10-3-4-21(8-10)15-13(18)11(16)5-12(17)14(15)19/h5,9-10,20H,3-4,6-8H2,1-2H3. The SMILES string of the molecule is CC(C)CNCC1CCN(c2c(F)c(F)cc(F)c2F)C1. The molecule has 21 heavy (non-hydrogen) atoms. The average molecular weight is 304 g/mol. The van der Waals surface area contributed by atoms with Crippen molar-refractivity contribution in [2.75, 3.05) is 31.1 Å². The molecule has 1 aromatic rings. The molecule has 2 nitrogen and oxygen atoms in total. The Morgan fingerprint density at radius 3 is 2.38 bits per heavy atom. The van der Waals surface area contributed by atoms with Gasteiger partial charge in [-0.2, -0.15) is 0 Å². The van der Waals surface area contributed by atoms with Gasteiger partial charge in [-0.15, -0.1) is 0 Å². The Morgan fingerprint density at radius 2 is 1.81 bits per heavy atom. The van der Waals surface area contributed by atoms with Crippen molar-refractivity contribution in [1.29, 1.82) is 0 Å². The van der Waals surface area contributed by atoms with E-state index in [9.17, 15) is 17.6 Å². The summed E-state index contributed by atoms with van der Waals surface area (Å²) >= 11 is 0. The monoisotopic (exact) mass is 304 g/mol. The molecule has 1 N–H and O–H groups in total. The normalized spacial score (nSPS) is 18.8. The van der Waals surface area contributed by atoms with Crippen LogP contribution in [0.1, 0.15) is 20.3 Å². The van der Waals surface area contributed by atoms with Gasteiger partial charge in [0.1, 0.15) is 5.69 Å². The van der Waals surface area contributed by atoms with Crippen molar-refractivity contribution in [3.63, 3.8) is 0 Å². The Morgan fingerprint density at radius 1 is 1.19 bits per heavy atom. The van der Waals surface area contributed by atoms with Crippen LogP contribution in [-0.4, -0.2) is 26.2 Å². The first-order valence-corrected chi connectivity index (χ1v) is 7.18. The van der Waals surface area contributed by atoms with Gasteiger partial charge in [-0.3, -0.25) is 0 Å². The third kappa shape index (κ3) is 3.67. The molecular formula is C15H20F4N2. The van der Waals surface area contributed by atoms with Crippen LogP contribution in [0, 0.1) is 35.1 Å². The van der Waals surface area contributed by atoms with Gasteiger partial charge < -0.3 is 10.2 Å².